The van der Waals surface area contributed by atoms with Crippen molar-refractivity contribution in [2.24, 2.45) is 0 Å². The minimum atomic E-state index is 0.137. The van der Waals surface area contributed by atoms with Gasteiger partial charge in [0.25, 0.3) is 0 Å². The van der Waals surface area contributed by atoms with Gasteiger partial charge in [-0.3, -0.25) is 0 Å². The van der Waals surface area contributed by atoms with Crippen molar-refractivity contribution < 1.29 is 4.74 Å². The molecule has 0 aliphatic heterocycles. The molecule has 1 rings (SSSR count). The topological polar surface area (TPSA) is 21.3 Å². The van der Waals surface area contributed by atoms with E-state index in [1.165, 1.54) is 0 Å². The van der Waals surface area contributed by atoms with Crippen LogP contribution in [0.5, 0.6) is 5.75 Å². The van der Waals surface area contributed by atoms with Crippen LogP contribution in [0.2, 0.25) is 5.02 Å². The molecule has 2 nitrogen and oxygen atoms in total. The molecule has 1 aromatic rings. The van der Waals surface area contributed by atoms with E-state index in [9.17, 15) is 0 Å². The molecular weight excluding hydrogens is 210 g/mol. The Kier molecular flexibility index (Phi) is 4.43. The molecule has 0 unspecified atom stereocenters. The lowest BCUT2D eigenvalue weighted by molar-refractivity contribution is 0.291. The van der Waals surface area contributed by atoms with Crippen LogP contribution < -0.4 is 10.1 Å². The van der Waals surface area contributed by atoms with Crippen molar-refractivity contribution in [3.63, 3.8) is 0 Å². The van der Waals surface area contributed by atoms with Crippen molar-refractivity contribution in [1.29, 1.82) is 0 Å². The van der Waals surface area contributed by atoms with Crippen LogP contribution in [0.15, 0.2) is 24.3 Å². The molecule has 0 saturated carbocycles. The van der Waals surface area contributed by atoms with Crippen LogP contribution in [0.1, 0.15) is 20.8 Å². The predicted molar refractivity (Wildman–Crippen MR) is 64.7 cm³/mol. The average molecular weight is 228 g/mol. The third kappa shape index (κ3) is 5.65. The second-order valence-corrected chi connectivity index (χ2v) is 4.92. The second kappa shape index (κ2) is 5.38. The van der Waals surface area contributed by atoms with E-state index in [0.29, 0.717) is 11.6 Å². The van der Waals surface area contributed by atoms with Gasteiger partial charge in [-0.05, 0) is 39.0 Å². The Morgan fingerprint density at radius 1 is 1.33 bits per heavy atom. The minimum absolute atomic E-state index is 0.137. The summed E-state index contributed by atoms with van der Waals surface area (Å²) in [5, 5.41) is 4.05. The summed E-state index contributed by atoms with van der Waals surface area (Å²) < 4.78 is 5.54. The van der Waals surface area contributed by atoms with Gasteiger partial charge in [-0.2, -0.15) is 0 Å². The molecule has 0 saturated heterocycles. The van der Waals surface area contributed by atoms with Crippen LogP contribution >= 0.6 is 11.6 Å². The van der Waals surface area contributed by atoms with Crippen molar-refractivity contribution >= 4 is 11.6 Å². The number of rotatable bonds is 4. The Balaban J connectivity index is 2.26. The number of benzene rings is 1. The van der Waals surface area contributed by atoms with Gasteiger partial charge in [0.1, 0.15) is 12.4 Å². The summed E-state index contributed by atoms with van der Waals surface area (Å²) in [4.78, 5) is 0. The number of ether oxygens (including phenoxy) is 1. The normalized spacial score (nSPS) is 11.5. The van der Waals surface area contributed by atoms with E-state index in [1.807, 2.05) is 24.3 Å². The zero-order chi connectivity index (χ0) is 11.3. The Morgan fingerprint density at radius 3 is 2.67 bits per heavy atom. The van der Waals surface area contributed by atoms with Crippen molar-refractivity contribution in [3.05, 3.63) is 29.3 Å². The van der Waals surface area contributed by atoms with E-state index in [4.69, 9.17) is 16.3 Å². The lowest BCUT2D eigenvalue weighted by Gasteiger charge is -2.20. The van der Waals surface area contributed by atoms with Crippen molar-refractivity contribution in [1.82, 2.24) is 5.32 Å². The summed E-state index contributed by atoms with van der Waals surface area (Å²) in [5.41, 5.74) is 0.137. The van der Waals surface area contributed by atoms with Crippen molar-refractivity contribution in [3.8, 4) is 5.75 Å². The summed E-state index contributed by atoms with van der Waals surface area (Å²) in [7, 11) is 0. The molecule has 0 fully saturated rings. The first-order valence-corrected chi connectivity index (χ1v) is 5.48. The van der Waals surface area contributed by atoms with E-state index in [-0.39, 0.29) is 5.54 Å². The zero-order valence-corrected chi connectivity index (χ0v) is 10.3. The van der Waals surface area contributed by atoms with Gasteiger partial charge in [0, 0.05) is 17.1 Å². The van der Waals surface area contributed by atoms with E-state index < -0.39 is 0 Å². The third-order valence-electron chi connectivity index (χ3n) is 1.82. The summed E-state index contributed by atoms with van der Waals surface area (Å²) in [6.07, 6.45) is 0. The van der Waals surface area contributed by atoms with E-state index in [0.717, 1.165) is 12.3 Å². The second-order valence-electron chi connectivity index (χ2n) is 4.48. The summed E-state index contributed by atoms with van der Waals surface area (Å²) in [5.74, 6) is 0.818. The molecule has 0 bridgehead atoms. The Morgan fingerprint density at radius 2 is 2.07 bits per heavy atom. The highest BCUT2D eigenvalue weighted by molar-refractivity contribution is 6.30. The molecule has 1 N–H and O–H groups in total. The molecule has 0 heterocycles. The Labute approximate surface area is 96.6 Å². The van der Waals surface area contributed by atoms with Gasteiger partial charge in [0.2, 0.25) is 0 Å². The van der Waals surface area contributed by atoms with Crippen LogP contribution in [0.25, 0.3) is 0 Å². The summed E-state index contributed by atoms with van der Waals surface area (Å²) in [6, 6.07) is 7.44. The molecule has 0 amide bonds. The monoisotopic (exact) mass is 227 g/mol. The van der Waals surface area contributed by atoms with Crippen LogP contribution in [0.3, 0.4) is 0 Å². The fourth-order valence-corrected chi connectivity index (χ4v) is 1.33. The molecule has 0 aromatic heterocycles. The first-order valence-electron chi connectivity index (χ1n) is 5.11. The highest BCUT2D eigenvalue weighted by Gasteiger charge is 2.07. The maximum atomic E-state index is 5.83. The highest BCUT2D eigenvalue weighted by atomic mass is 35.5. The molecular formula is C12H18ClNO. The Hall–Kier alpha value is -0.730. The number of hydrogen-bond donors (Lipinski definition) is 1. The van der Waals surface area contributed by atoms with Gasteiger partial charge in [0.05, 0.1) is 0 Å². The largest absolute Gasteiger partial charge is 0.492 e. The lowest BCUT2D eigenvalue weighted by Crippen LogP contribution is -2.38. The van der Waals surface area contributed by atoms with Gasteiger partial charge in [-0.25, -0.2) is 0 Å². The van der Waals surface area contributed by atoms with Gasteiger partial charge in [-0.1, -0.05) is 17.7 Å². The molecule has 0 radical (unpaired) electrons. The summed E-state index contributed by atoms with van der Waals surface area (Å²) in [6.45, 7) is 7.87. The minimum Gasteiger partial charge on any atom is -0.492 e. The lowest BCUT2D eigenvalue weighted by atomic mass is 10.1. The zero-order valence-electron chi connectivity index (χ0n) is 9.51. The molecule has 0 aliphatic carbocycles. The van der Waals surface area contributed by atoms with Crippen LogP contribution in [-0.2, 0) is 0 Å². The maximum absolute atomic E-state index is 5.83. The Bertz CT molecular complexity index is 307. The first kappa shape index (κ1) is 12.3. The molecule has 0 spiro atoms. The molecule has 1 aromatic carbocycles. The molecule has 0 aliphatic rings. The molecule has 3 heteroatoms. The van der Waals surface area contributed by atoms with E-state index in [1.54, 1.807) is 0 Å². The molecule has 15 heavy (non-hydrogen) atoms. The van der Waals surface area contributed by atoms with E-state index in [2.05, 4.69) is 26.1 Å². The standard InChI is InChI=1S/C12H18ClNO/c1-12(2,3)14-7-8-15-11-6-4-5-10(13)9-11/h4-6,9,14H,7-8H2,1-3H3. The predicted octanol–water partition coefficient (Wildman–Crippen LogP) is 3.11. The summed E-state index contributed by atoms with van der Waals surface area (Å²) >= 11 is 5.83. The first-order chi connectivity index (χ1) is 6.97. The van der Waals surface area contributed by atoms with Crippen LogP contribution in [0.4, 0.5) is 0 Å². The van der Waals surface area contributed by atoms with Gasteiger partial charge in [0.15, 0.2) is 0 Å². The number of halogens is 1. The van der Waals surface area contributed by atoms with Crippen LogP contribution in [0, 0.1) is 0 Å². The fourth-order valence-electron chi connectivity index (χ4n) is 1.15. The van der Waals surface area contributed by atoms with Crippen LogP contribution in [-0.4, -0.2) is 18.7 Å². The van der Waals surface area contributed by atoms with Crippen molar-refractivity contribution in [2.75, 3.05) is 13.2 Å². The highest BCUT2D eigenvalue weighted by Crippen LogP contribution is 2.16. The smallest absolute Gasteiger partial charge is 0.120 e. The average Bonchev–Trinajstić information content (AvgIpc) is 2.11. The number of nitrogens with one attached hydrogen (secondary N) is 1. The maximum Gasteiger partial charge on any atom is 0.120 e. The number of hydrogen-bond acceptors (Lipinski definition) is 2. The van der Waals surface area contributed by atoms with Gasteiger partial charge in [-0.15, -0.1) is 0 Å². The molecule has 84 valence electrons. The SMILES string of the molecule is CC(C)(C)NCCOc1cccc(Cl)c1. The third-order valence-corrected chi connectivity index (χ3v) is 2.06. The quantitative estimate of drug-likeness (QED) is 0.799. The van der Waals surface area contributed by atoms with Gasteiger partial charge >= 0.3 is 0 Å². The van der Waals surface area contributed by atoms with E-state index >= 15 is 0 Å². The fraction of sp³-hybridized carbons (Fsp3) is 0.500. The van der Waals surface area contributed by atoms with Gasteiger partial charge < -0.3 is 10.1 Å². The molecule has 0 atom stereocenters. The van der Waals surface area contributed by atoms with Crippen molar-refractivity contribution in [2.45, 2.75) is 26.3 Å².